The molecule has 8 heteroatoms. The van der Waals surface area contributed by atoms with Gasteiger partial charge in [0.2, 0.25) is 0 Å². The number of piperidine rings is 1. The third-order valence-corrected chi connectivity index (χ3v) is 6.00. The zero-order valence-electron chi connectivity index (χ0n) is 15.9. The van der Waals surface area contributed by atoms with Gasteiger partial charge in [-0.1, -0.05) is 12.1 Å². The second-order valence-electron chi connectivity index (χ2n) is 6.80. The van der Waals surface area contributed by atoms with Gasteiger partial charge in [0.05, 0.1) is 12.1 Å². The molecule has 1 amide bonds. The fourth-order valence-corrected chi connectivity index (χ4v) is 3.75. The lowest BCUT2D eigenvalue weighted by atomic mass is 10.1. The lowest BCUT2D eigenvalue weighted by Crippen LogP contribution is -2.33. The van der Waals surface area contributed by atoms with E-state index in [1.807, 2.05) is 42.1 Å². The number of nitrogens with zero attached hydrogens (tertiary/aromatic N) is 3. The Bertz CT molecular complexity index is 787. The molecule has 1 aliphatic rings. The van der Waals surface area contributed by atoms with Crippen LogP contribution in [0.3, 0.4) is 0 Å². The van der Waals surface area contributed by atoms with Crippen LogP contribution >= 0.6 is 12.4 Å². The Balaban J connectivity index is 0.00000261. The van der Waals surface area contributed by atoms with E-state index in [2.05, 4.69) is 10.4 Å². The number of nitrogens with one attached hydrogen (secondary N) is 1. The molecule has 2 heterocycles. The molecule has 0 saturated carbocycles. The second-order valence-corrected chi connectivity index (χ2v) is 8.18. The van der Waals surface area contributed by atoms with Gasteiger partial charge in [-0.3, -0.25) is 13.7 Å². The van der Waals surface area contributed by atoms with Gasteiger partial charge < -0.3 is 10.2 Å². The van der Waals surface area contributed by atoms with Crippen molar-refractivity contribution in [3.8, 4) is 0 Å². The van der Waals surface area contributed by atoms with Crippen molar-refractivity contribution in [2.24, 2.45) is 0 Å². The summed E-state index contributed by atoms with van der Waals surface area (Å²) in [5.74, 6) is -0.0943. The van der Waals surface area contributed by atoms with Gasteiger partial charge in [-0.2, -0.15) is 5.10 Å². The number of aromatic nitrogens is 2. The molecule has 3 atom stereocenters. The Morgan fingerprint density at radius 3 is 2.63 bits per heavy atom. The first-order valence-electron chi connectivity index (χ1n) is 8.94. The van der Waals surface area contributed by atoms with Crippen molar-refractivity contribution in [3.63, 3.8) is 0 Å². The van der Waals surface area contributed by atoms with Gasteiger partial charge in [0, 0.05) is 41.7 Å². The van der Waals surface area contributed by atoms with E-state index < -0.39 is 10.8 Å². The van der Waals surface area contributed by atoms with Crippen LogP contribution < -0.4 is 5.32 Å². The van der Waals surface area contributed by atoms with Crippen LogP contribution in [0.5, 0.6) is 0 Å². The summed E-state index contributed by atoms with van der Waals surface area (Å²) in [6, 6.07) is 9.58. The predicted octanol–water partition coefficient (Wildman–Crippen LogP) is 2.80. The standard InChI is InChI=1S/C19H26N4O2S.ClH/c1-14(15-6-8-17(9-7-15)26(3)25)22(2)19(24)18-10-12-23(21-18)16-5-4-11-20-13-16;/h6-10,12,14,16,20H,4-5,11,13H2,1-3H3;1H. The molecular formula is C19H27ClN4O2S. The molecule has 148 valence electrons. The zero-order chi connectivity index (χ0) is 18.7. The minimum atomic E-state index is -0.998. The minimum Gasteiger partial charge on any atom is -0.334 e. The van der Waals surface area contributed by atoms with Crippen LogP contribution in [-0.4, -0.2) is 51.2 Å². The van der Waals surface area contributed by atoms with Crippen LogP contribution in [0.4, 0.5) is 0 Å². The van der Waals surface area contributed by atoms with Crippen LogP contribution in [0.1, 0.15) is 47.9 Å². The smallest absolute Gasteiger partial charge is 0.274 e. The van der Waals surface area contributed by atoms with Crippen molar-refractivity contribution in [3.05, 3.63) is 47.8 Å². The Hall–Kier alpha value is -1.70. The summed E-state index contributed by atoms with van der Waals surface area (Å²) in [7, 11) is 0.794. The topological polar surface area (TPSA) is 67.2 Å². The van der Waals surface area contributed by atoms with Crippen molar-refractivity contribution >= 4 is 29.1 Å². The number of halogens is 1. The fourth-order valence-electron chi connectivity index (χ4n) is 3.23. The summed E-state index contributed by atoms with van der Waals surface area (Å²) in [4.78, 5) is 15.3. The summed E-state index contributed by atoms with van der Waals surface area (Å²) < 4.78 is 13.4. The van der Waals surface area contributed by atoms with Crippen molar-refractivity contribution in [1.82, 2.24) is 20.0 Å². The normalized spacial score (nSPS) is 19.0. The predicted molar refractivity (Wildman–Crippen MR) is 110 cm³/mol. The number of rotatable bonds is 5. The molecule has 3 rings (SSSR count). The van der Waals surface area contributed by atoms with E-state index in [-0.39, 0.29) is 24.4 Å². The molecule has 3 unspecified atom stereocenters. The Kier molecular flexibility index (Phi) is 7.59. The van der Waals surface area contributed by atoms with E-state index in [0.29, 0.717) is 11.7 Å². The fraction of sp³-hybridized carbons (Fsp3) is 0.474. The summed E-state index contributed by atoms with van der Waals surface area (Å²) in [6.45, 7) is 3.93. The maximum atomic E-state index is 12.8. The molecule has 6 nitrogen and oxygen atoms in total. The van der Waals surface area contributed by atoms with Gasteiger partial charge in [-0.05, 0) is 50.1 Å². The number of amides is 1. The summed E-state index contributed by atoms with van der Waals surface area (Å²) in [5, 5.41) is 7.88. The maximum Gasteiger partial charge on any atom is 0.274 e. The molecule has 0 aliphatic carbocycles. The molecule has 1 aromatic carbocycles. The lowest BCUT2D eigenvalue weighted by molar-refractivity contribution is 0.0735. The molecule has 0 bridgehead atoms. The van der Waals surface area contributed by atoms with Crippen LogP contribution in [0.2, 0.25) is 0 Å². The Morgan fingerprint density at radius 2 is 2.04 bits per heavy atom. The highest BCUT2D eigenvalue weighted by Crippen LogP contribution is 2.22. The second kappa shape index (κ2) is 9.48. The largest absolute Gasteiger partial charge is 0.334 e. The minimum absolute atomic E-state index is 0. The van der Waals surface area contributed by atoms with E-state index in [9.17, 15) is 9.00 Å². The molecule has 1 aromatic heterocycles. The SMILES string of the molecule is CC(c1ccc(S(C)=O)cc1)N(C)C(=O)c1ccn(C2CCCNC2)n1.Cl. The number of carbonyl (C=O) groups is 1. The number of hydrogen-bond acceptors (Lipinski definition) is 4. The number of carbonyl (C=O) groups excluding carboxylic acids is 1. The molecule has 1 N–H and O–H groups in total. The average molecular weight is 411 g/mol. The first kappa shape index (κ1) is 21.6. The molecule has 0 spiro atoms. The van der Waals surface area contributed by atoms with Crippen LogP contribution in [0.15, 0.2) is 41.4 Å². The van der Waals surface area contributed by atoms with Gasteiger partial charge in [0.1, 0.15) is 5.69 Å². The van der Waals surface area contributed by atoms with E-state index in [1.54, 1.807) is 24.3 Å². The average Bonchev–Trinajstić information content (AvgIpc) is 3.17. The lowest BCUT2D eigenvalue weighted by Gasteiger charge is -2.25. The van der Waals surface area contributed by atoms with Crippen LogP contribution in [-0.2, 0) is 10.8 Å². The van der Waals surface area contributed by atoms with E-state index in [1.165, 1.54) is 0 Å². The van der Waals surface area contributed by atoms with Gasteiger partial charge in [0.25, 0.3) is 5.91 Å². The van der Waals surface area contributed by atoms with Gasteiger partial charge in [-0.25, -0.2) is 0 Å². The maximum absolute atomic E-state index is 12.8. The first-order chi connectivity index (χ1) is 12.5. The molecule has 2 aromatic rings. The zero-order valence-corrected chi connectivity index (χ0v) is 17.6. The molecule has 1 aliphatic heterocycles. The monoisotopic (exact) mass is 410 g/mol. The van der Waals surface area contributed by atoms with Gasteiger partial charge in [-0.15, -0.1) is 12.4 Å². The molecule has 1 saturated heterocycles. The number of benzene rings is 1. The van der Waals surface area contributed by atoms with Crippen molar-refractivity contribution < 1.29 is 9.00 Å². The van der Waals surface area contributed by atoms with Crippen molar-refractivity contribution in [2.75, 3.05) is 26.4 Å². The molecular weight excluding hydrogens is 384 g/mol. The highest BCUT2D eigenvalue weighted by molar-refractivity contribution is 7.84. The van der Waals surface area contributed by atoms with Crippen molar-refractivity contribution in [1.29, 1.82) is 0 Å². The Morgan fingerprint density at radius 1 is 1.33 bits per heavy atom. The van der Waals surface area contributed by atoms with Gasteiger partial charge in [0.15, 0.2) is 0 Å². The van der Waals surface area contributed by atoms with Crippen LogP contribution in [0.25, 0.3) is 0 Å². The molecule has 27 heavy (non-hydrogen) atoms. The summed E-state index contributed by atoms with van der Waals surface area (Å²) in [6.07, 6.45) is 5.77. The number of hydrogen-bond donors (Lipinski definition) is 1. The quantitative estimate of drug-likeness (QED) is 0.823. The third kappa shape index (κ3) is 4.97. The van der Waals surface area contributed by atoms with E-state index in [0.717, 1.165) is 36.4 Å². The van der Waals surface area contributed by atoms with E-state index >= 15 is 0 Å². The van der Waals surface area contributed by atoms with E-state index in [4.69, 9.17) is 0 Å². The molecule has 0 radical (unpaired) electrons. The van der Waals surface area contributed by atoms with Crippen LogP contribution in [0, 0.1) is 0 Å². The highest BCUT2D eigenvalue weighted by Gasteiger charge is 2.23. The third-order valence-electron chi connectivity index (χ3n) is 5.07. The first-order valence-corrected chi connectivity index (χ1v) is 10.5. The summed E-state index contributed by atoms with van der Waals surface area (Å²) >= 11 is 0. The van der Waals surface area contributed by atoms with Crippen molar-refractivity contribution in [2.45, 2.75) is 36.7 Å². The highest BCUT2D eigenvalue weighted by atomic mass is 35.5. The Labute approximate surface area is 169 Å². The summed E-state index contributed by atoms with van der Waals surface area (Å²) in [5.41, 5.74) is 1.47. The molecule has 1 fully saturated rings. The van der Waals surface area contributed by atoms with Gasteiger partial charge >= 0.3 is 0 Å².